The van der Waals surface area contributed by atoms with Crippen molar-refractivity contribution in [3.05, 3.63) is 92.4 Å². The molecule has 3 aromatic heterocycles. The summed E-state index contributed by atoms with van der Waals surface area (Å²) in [5.41, 5.74) is 0.660. The minimum absolute atomic E-state index is 0.0183. The van der Waals surface area contributed by atoms with Crippen LogP contribution in [-0.2, 0) is 34.1 Å². The SMILES string of the molecule is CC(=O)N1CC2(CC=C(c3nc4n(CC(=O)Nc5ccc(C(F)(F)F)cc5Cl)c5c(c(=O)n4n3)C3(CCC5)CCN(C(=O)c4ccccn4)CC3)CC2)C1. The number of nitrogens with one attached hydrogen (secondary N) is 1. The number of halogens is 4. The fourth-order valence-electron chi connectivity index (χ4n) is 8.75. The molecule has 3 amide bonds. The molecule has 0 bridgehead atoms. The number of amides is 3. The van der Waals surface area contributed by atoms with Crippen LogP contribution >= 0.6 is 11.6 Å². The third-order valence-corrected chi connectivity index (χ3v) is 12.0. The van der Waals surface area contributed by atoms with Gasteiger partial charge < -0.3 is 19.7 Å². The van der Waals surface area contributed by atoms with Gasteiger partial charge in [-0.15, -0.1) is 5.10 Å². The molecule has 2 aliphatic carbocycles. The number of nitrogens with zero attached hydrogens (tertiary/aromatic N) is 7. The number of carbonyl (C=O) groups is 3. The molecule has 5 heterocycles. The maximum Gasteiger partial charge on any atom is 0.416 e. The summed E-state index contributed by atoms with van der Waals surface area (Å²) in [4.78, 5) is 66.1. The van der Waals surface area contributed by atoms with Crippen LogP contribution in [0.3, 0.4) is 0 Å². The van der Waals surface area contributed by atoms with E-state index >= 15 is 0 Å². The zero-order chi connectivity index (χ0) is 38.0. The van der Waals surface area contributed by atoms with Crippen molar-refractivity contribution >= 4 is 46.4 Å². The number of pyridine rings is 1. The van der Waals surface area contributed by atoms with Gasteiger partial charge in [0.2, 0.25) is 17.6 Å². The highest BCUT2D eigenvalue weighted by Crippen LogP contribution is 2.46. The largest absolute Gasteiger partial charge is 0.416 e. The minimum atomic E-state index is -4.60. The number of fused-ring (bicyclic) bond motifs is 3. The molecule has 282 valence electrons. The number of carbonyl (C=O) groups excluding carboxylic acids is 3. The lowest BCUT2D eigenvalue weighted by Gasteiger charge is -2.51. The van der Waals surface area contributed by atoms with Crippen molar-refractivity contribution in [3.8, 4) is 0 Å². The number of aromatic nitrogens is 5. The second kappa shape index (κ2) is 13.4. The van der Waals surface area contributed by atoms with Crippen LogP contribution in [0.4, 0.5) is 18.9 Å². The normalized spacial score (nSPS) is 19.0. The van der Waals surface area contributed by atoms with Crippen LogP contribution < -0.4 is 10.9 Å². The van der Waals surface area contributed by atoms with E-state index in [1.165, 1.54) is 4.52 Å². The summed E-state index contributed by atoms with van der Waals surface area (Å²) in [6, 6.07) is 7.92. The van der Waals surface area contributed by atoms with E-state index in [0.717, 1.165) is 43.0 Å². The first-order valence-corrected chi connectivity index (χ1v) is 18.5. The van der Waals surface area contributed by atoms with Crippen molar-refractivity contribution in [2.45, 2.75) is 76.4 Å². The molecular formula is C38H38ClF3N8O4. The molecule has 1 N–H and O–H groups in total. The molecule has 12 nitrogen and oxygen atoms in total. The highest BCUT2D eigenvalue weighted by Gasteiger charge is 2.46. The number of alkyl halides is 3. The van der Waals surface area contributed by atoms with Crippen molar-refractivity contribution in [2.24, 2.45) is 5.41 Å². The average molecular weight is 763 g/mol. The molecular weight excluding hydrogens is 725 g/mol. The van der Waals surface area contributed by atoms with Crippen LogP contribution in [0.2, 0.25) is 5.02 Å². The van der Waals surface area contributed by atoms with E-state index in [2.05, 4.69) is 16.4 Å². The quantitative estimate of drug-likeness (QED) is 0.283. The molecule has 4 aliphatic rings. The Balaban J connectivity index is 1.15. The Kier molecular flexibility index (Phi) is 8.89. The summed E-state index contributed by atoms with van der Waals surface area (Å²) < 4.78 is 42.8. The molecule has 0 unspecified atom stereocenters. The van der Waals surface area contributed by atoms with Gasteiger partial charge in [0.15, 0.2) is 5.82 Å². The number of piperidine rings is 1. The summed E-state index contributed by atoms with van der Waals surface area (Å²) in [5.74, 6) is -0.107. The van der Waals surface area contributed by atoms with Gasteiger partial charge in [0.05, 0.1) is 16.3 Å². The molecule has 54 heavy (non-hydrogen) atoms. The van der Waals surface area contributed by atoms with Gasteiger partial charge in [-0.2, -0.15) is 22.7 Å². The fraction of sp³-hybridized carbons (Fsp3) is 0.447. The van der Waals surface area contributed by atoms with Crippen LogP contribution in [0, 0.1) is 5.41 Å². The minimum Gasteiger partial charge on any atom is -0.342 e. The Morgan fingerprint density at radius 1 is 1.00 bits per heavy atom. The van der Waals surface area contributed by atoms with Gasteiger partial charge in [-0.25, -0.2) is 0 Å². The van der Waals surface area contributed by atoms with E-state index in [-0.39, 0.29) is 45.8 Å². The van der Waals surface area contributed by atoms with Crippen LogP contribution in [0.25, 0.3) is 11.4 Å². The first-order valence-electron chi connectivity index (χ1n) is 18.1. The van der Waals surface area contributed by atoms with Crippen LogP contribution in [0.5, 0.6) is 0 Å². The smallest absolute Gasteiger partial charge is 0.342 e. The Morgan fingerprint density at radius 3 is 2.43 bits per heavy atom. The highest BCUT2D eigenvalue weighted by atomic mass is 35.5. The standard InChI is InChI=1S/C38H38ClF3N8O4/c1-23(51)48-21-36(22-48)12-9-24(10-13-36)32-45-35-49(20-30(52)44-27-8-7-25(19-26(27)39)38(40,41)42)29-6-4-11-37(31(29)34(54)50(35)46-32)14-17-47(18-15-37)33(53)28-5-2-3-16-43-28/h2-3,5,7-9,16,19H,4,6,10-15,17-18,20-22H2,1H3,(H,44,52). The Hall–Kier alpha value is -5.05. The topological polar surface area (TPSA) is 135 Å². The van der Waals surface area contributed by atoms with E-state index in [1.807, 2.05) is 4.90 Å². The lowest BCUT2D eigenvalue weighted by Crippen LogP contribution is -2.58. The van der Waals surface area contributed by atoms with Crippen molar-refractivity contribution < 1.29 is 27.6 Å². The molecule has 2 saturated heterocycles. The van der Waals surface area contributed by atoms with Crippen molar-refractivity contribution in [3.63, 3.8) is 0 Å². The Morgan fingerprint density at radius 2 is 1.78 bits per heavy atom. The van der Waals surface area contributed by atoms with Crippen molar-refractivity contribution in [2.75, 3.05) is 31.5 Å². The van der Waals surface area contributed by atoms with Crippen LogP contribution in [0.15, 0.2) is 53.5 Å². The third kappa shape index (κ3) is 6.35. The van der Waals surface area contributed by atoms with E-state index in [0.29, 0.717) is 81.1 Å². The Labute approximate surface area is 313 Å². The monoisotopic (exact) mass is 762 g/mol. The van der Waals surface area contributed by atoms with Gasteiger partial charge in [0, 0.05) is 61.4 Å². The molecule has 2 spiro atoms. The van der Waals surface area contributed by atoms with Gasteiger partial charge in [-0.3, -0.25) is 24.2 Å². The number of hydrogen-bond acceptors (Lipinski definition) is 7. The molecule has 0 saturated carbocycles. The number of hydrogen-bond donors (Lipinski definition) is 1. The van der Waals surface area contributed by atoms with Gasteiger partial charge in [-0.05, 0) is 87.3 Å². The lowest BCUT2D eigenvalue weighted by atomic mass is 9.66. The maximum atomic E-state index is 14.6. The molecule has 8 rings (SSSR count). The molecule has 2 fully saturated rings. The zero-order valence-electron chi connectivity index (χ0n) is 29.6. The first kappa shape index (κ1) is 36.0. The van der Waals surface area contributed by atoms with Gasteiger partial charge in [0.25, 0.3) is 11.5 Å². The van der Waals surface area contributed by atoms with Crippen LogP contribution in [-0.4, -0.2) is 77.8 Å². The van der Waals surface area contributed by atoms with Gasteiger partial charge >= 0.3 is 6.18 Å². The summed E-state index contributed by atoms with van der Waals surface area (Å²) >= 11 is 6.18. The van der Waals surface area contributed by atoms with Gasteiger partial charge in [-0.1, -0.05) is 23.7 Å². The third-order valence-electron chi connectivity index (χ3n) is 11.7. The van der Waals surface area contributed by atoms with Crippen LogP contribution in [0.1, 0.15) is 85.0 Å². The summed E-state index contributed by atoms with van der Waals surface area (Å²) in [6.45, 7) is 3.50. The zero-order valence-corrected chi connectivity index (χ0v) is 30.3. The number of likely N-dealkylation sites (tertiary alicyclic amines) is 2. The second-order valence-electron chi connectivity index (χ2n) is 15.1. The summed E-state index contributed by atoms with van der Waals surface area (Å²) in [7, 11) is 0. The summed E-state index contributed by atoms with van der Waals surface area (Å²) in [5, 5.41) is 7.13. The molecule has 16 heteroatoms. The average Bonchev–Trinajstić information content (AvgIpc) is 3.59. The molecule has 4 aromatic rings. The van der Waals surface area contributed by atoms with E-state index in [4.69, 9.17) is 21.7 Å². The predicted molar refractivity (Wildman–Crippen MR) is 193 cm³/mol. The molecule has 0 atom stereocenters. The number of allylic oxidation sites excluding steroid dienone is 2. The van der Waals surface area contributed by atoms with E-state index in [9.17, 15) is 32.3 Å². The van der Waals surface area contributed by atoms with E-state index in [1.54, 1.807) is 40.8 Å². The fourth-order valence-corrected chi connectivity index (χ4v) is 8.98. The molecule has 0 radical (unpaired) electrons. The number of benzene rings is 1. The maximum absolute atomic E-state index is 14.6. The number of anilines is 1. The first-order chi connectivity index (χ1) is 25.8. The number of rotatable bonds is 5. The van der Waals surface area contributed by atoms with Crippen molar-refractivity contribution in [1.29, 1.82) is 0 Å². The lowest BCUT2D eigenvalue weighted by molar-refractivity contribution is -0.141. The van der Waals surface area contributed by atoms with Gasteiger partial charge in [0.1, 0.15) is 12.2 Å². The highest BCUT2D eigenvalue weighted by molar-refractivity contribution is 6.33. The van der Waals surface area contributed by atoms with E-state index < -0.39 is 23.1 Å². The second-order valence-corrected chi connectivity index (χ2v) is 15.5. The van der Waals surface area contributed by atoms with Crippen molar-refractivity contribution in [1.82, 2.24) is 33.9 Å². The summed E-state index contributed by atoms with van der Waals surface area (Å²) in [6.07, 6.45) is 4.30. The molecule has 1 aromatic carbocycles. The predicted octanol–water partition coefficient (Wildman–Crippen LogP) is 5.52. The molecule has 2 aliphatic heterocycles. The Bertz CT molecular complexity index is 2270.